The maximum atomic E-state index is 13.3. The lowest BCUT2D eigenvalue weighted by molar-refractivity contribution is -0.127. The number of benzene rings is 1. The molecule has 0 spiro atoms. The van der Waals surface area contributed by atoms with E-state index in [0.717, 1.165) is 50.9 Å². The van der Waals surface area contributed by atoms with Gasteiger partial charge in [-0.1, -0.05) is 11.8 Å². The van der Waals surface area contributed by atoms with Gasteiger partial charge in [-0.15, -0.1) is 10.2 Å². The zero-order chi connectivity index (χ0) is 18.6. The zero-order valence-electron chi connectivity index (χ0n) is 15.1. The molecule has 144 valence electrons. The van der Waals surface area contributed by atoms with Crippen molar-refractivity contribution in [2.75, 3.05) is 25.4 Å². The lowest BCUT2D eigenvalue weighted by Gasteiger charge is -2.16. The lowest BCUT2D eigenvalue weighted by atomic mass is 10.2. The summed E-state index contributed by atoms with van der Waals surface area (Å²) in [5, 5.41) is 9.34. The molecule has 4 rings (SSSR count). The summed E-state index contributed by atoms with van der Waals surface area (Å²) in [6, 6.07) is 6.25. The van der Waals surface area contributed by atoms with E-state index in [-0.39, 0.29) is 17.8 Å². The molecular weight excluding hydrogens is 367 g/mol. The Hall–Kier alpha value is -1.93. The minimum absolute atomic E-state index is 0.119. The molecule has 3 heterocycles. The van der Waals surface area contributed by atoms with Gasteiger partial charge in [-0.2, -0.15) is 0 Å². The molecule has 0 saturated carbocycles. The molecule has 1 aromatic heterocycles. The van der Waals surface area contributed by atoms with Crippen molar-refractivity contribution in [1.29, 1.82) is 0 Å². The minimum Gasteiger partial charge on any atom is -0.376 e. The maximum Gasteiger partial charge on any atom is 0.233 e. The molecule has 1 amide bonds. The van der Waals surface area contributed by atoms with Crippen LogP contribution < -0.4 is 0 Å². The molecule has 6 nitrogen and oxygen atoms in total. The molecule has 2 aliphatic heterocycles. The van der Waals surface area contributed by atoms with Crippen LogP contribution in [0.3, 0.4) is 0 Å². The van der Waals surface area contributed by atoms with Crippen molar-refractivity contribution in [1.82, 2.24) is 19.7 Å². The first kappa shape index (κ1) is 18.4. The summed E-state index contributed by atoms with van der Waals surface area (Å²) < 4.78 is 21.1. The molecule has 8 heteroatoms. The lowest BCUT2D eigenvalue weighted by Crippen LogP contribution is -2.29. The second kappa shape index (κ2) is 8.39. The van der Waals surface area contributed by atoms with Crippen LogP contribution in [-0.4, -0.2) is 57.1 Å². The predicted molar refractivity (Wildman–Crippen MR) is 101 cm³/mol. The number of nitrogens with zero attached hydrogens (tertiary/aromatic N) is 4. The fraction of sp³-hybridized carbons (Fsp3) is 0.526. The van der Waals surface area contributed by atoms with E-state index in [2.05, 4.69) is 10.2 Å². The molecule has 1 aromatic carbocycles. The van der Waals surface area contributed by atoms with Gasteiger partial charge in [-0.25, -0.2) is 4.39 Å². The Kier molecular flexibility index (Phi) is 5.73. The highest BCUT2D eigenvalue weighted by molar-refractivity contribution is 7.99. The molecule has 2 fully saturated rings. The standard InChI is InChI=1S/C19H23FN4O2S/c20-15-7-5-14(6-8-15)18-21-22-19(24(18)12-16-4-3-11-26-16)27-13-17(25)23-9-1-2-10-23/h5-8,16H,1-4,9-13H2. The van der Waals surface area contributed by atoms with Gasteiger partial charge >= 0.3 is 0 Å². The molecule has 1 atom stereocenters. The average molecular weight is 390 g/mol. The fourth-order valence-corrected chi connectivity index (χ4v) is 4.40. The molecule has 27 heavy (non-hydrogen) atoms. The number of aromatic nitrogens is 3. The van der Waals surface area contributed by atoms with E-state index in [9.17, 15) is 9.18 Å². The first-order chi connectivity index (χ1) is 13.2. The van der Waals surface area contributed by atoms with Gasteiger partial charge in [0.2, 0.25) is 5.91 Å². The van der Waals surface area contributed by atoms with Crippen molar-refractivity contribution >= 4 is 17.7 Å². The Morgan fingerprint density at radius 3 is 2.67 bits per heavy atom. The molecule has 2 aromatic rings. The number of amides is 1. The summed E-state index contributed by atoms with van der Waals surface area (Å²) in [6.07, 6.45) is 4.33. The van der Waals surface area contributed by atoms with Gasteiger partial charge < -0.3 is 9.64 Å². The van der Waals surface area contributed by atoms with E-state index < -0.39 is 0 Å². The van der Waals surface area contributed by atoms with E-state index >= 15 is 0 Å². The number of carbonyl (C=O) groups excluding carboxylic acids is 1. The third-order valence-electron chi connectivity index (χ3n) is 5.01. The van der Waals surface area contributed by atoms with E-state index in [1.54, 1.807) is 12.1 Å². The first-order valence-corrected chi connectivity index (χ1v) is 10.4. The van der Waals surface area contributed by atoms with E-state index in [1.807, 2.05) is 9.47 Å². The van der Waals surface area contributed by atoms with Gasteiger partial charge in [0.25, 0.3) is 0 Å². The average Bonchev–Trinajstić information content (AvgIpc) is 3.44. The topological polar surface area (TPSA) is 60.3 Å². The molecule has 2 saturated heterocycles. The number of carbonyl (C=O) groups is 1. The summed E-state index contributed by atoms with van der Waals surface area (Å²) in [6.45, 7) is 3.11. The normalized spacial score (nSPS) is 19.7. The van der Waals surface area contributed by atoms with Crippen molar-refractivity contribution in [3.8, 4) is 11.4 Å². The Labute approximate surface area is 162 Å². The second-order valence-corrected chi connectivity index (χ2v) is 7.88. The zero-order valence-corrected chi connectivity index (χ0v) is 16.0. The van der Waals surface area contributed by atoms with Crippen molar-refractivity contribution < 1.29 is 13.9 Å². The third-order valence-corrected chi connectivity index (χ3v) is 5.96. The summed E-state index contributed by atoms with van der Waals surface area (Å²) in [7, 11) is 0. The summed E-state index contributed by atoms with van der Waals surface area (Å²) in [4.78, 5) is 14.3. The van der Waals surface area contributed by atoms with Gasteiger partial charge in [-0.05, 0) is 49.9 Å². The first-order valence-electron chi connectivity index (χ1n) is 9.42. The Morgan fingerprint density at radius 2 is 1.96 bits per heavy atom. The maximum absolute atomic E-state index is 13.3. The molecule has 0 N–H and O–H groups in total. The highest BCUT2D eigenvalue weighted by atomic mass is 32.2. The Bertz CT molecular complexity index is 784. The largest absolute Gasteiger partial charge is 0.376 e. The van der Waals surface area contributed by atoms with Crippen LogP contribution in [0.2, 0.25) is 0 Å². The monoisotopic (exact) mass is 390 g/mol. The SMILES string of the molecule is O=C(CSc1nnc(-c2ccc(F)cc2)n1CC1CCCO1)N1CCCC1. The van der Waals surface area contributed by atoms with Crippen LogP contribution in [0.4, 0.5) is 4.39 Å². The number of likely N-dealkylation sites (tertiary alicyclic amines) is 1. The smallest absolute Gasteiger partial charge is 0.233 e. The molecule has 0 radical (unpaired) electrons. The number of ether oxygens (including phenoxy) is 1. The molecule has 1 unspecified atom stereocenters. The van der Waals surface area contributed by atoms with Crippen molar-refractivity contribution in [3.05, 3.63) is 30.1 Å². The van der Waals surface area contributed by atoms with Crippen LogP contribution >= 0.6 is 11.8 Å². The quantitative estimate of drug-likeness (QED) is 0.710. The summed E-state index contributed by atoms with van der Waals surface area (Å²) in [5.74, 6) is 0.899. The minimum atomic E-state index is -0.283. The highest BCUT2D eigenvalue weighted by Crippen LogP contribution is 2.27. The Morgan fingerprint density at radius 1 is 1.19 bits per heavy atom. The molecule has 2 aliphatic rings. The van der Waals surface area contributed by atoms with Gasteiger partial charge in [-0.3, -0.25) is 9.36 Å². The van der Waals surface area contributed by atoms with E-state index in [1.165, 1.54) is 23.9 Å². The van der Waals surface area contributed by atoms with Crippen LogP contribution in [0.1, 0.15) is 25.7 Å². The van der Waals surface area contributed by atoms with Crippen LogP contribution in [0.25, 0.3) is 11.4 Å². The summed E-state index contributed by atoms with van der Waals surface area (Å²) >= 11 is 1.41. The van der Waals surface area contributed by atoms with Gasteiger partial charge in [0.05, 0.1) is 18.4 Å². The van der Waals surface area contributed by atoms with E-state index in [0.29, 0.717) is 23.3 Å². The number of hydrogen-bond acceptors (Lipinski definition) is 5. The summed E-state index contributed by atoms with van der Waals surface area (Å²) in [5.41, 5.74) is 0.805. The van der Waals surface area contributed by atoms with Crippen LogP contribution in [0.5, 0.6) is 0 Å². The molecular formula is C19H23FN4O2S. The number of halogens is 1. The van der Waals surface area contributed by atoms with E-state index in [4.69, 9.17) is 4.74 Å². The van der Waals surface area contributed by atoms with Gasteiger partial charge in [0, 0.05) is 25.3 Å². The van der Waals surface area contributed by atoms with Crippen molar-refractivity contribution in [3.63, 3.8) is 0 Å². The number of thioether (sulfide) groups is 1. The van der Waals surface area contributed by atoms with Crippen LogP contribution in [0, 0.1) is 5.82 Å². The van der Waals surface area contributed by atoms with Gasteiger partial charge in [0.15, 0.2) is 11.0 Å². The number of hydrogen-bond donors (Lipinski definition) is 0. The molecule has 0 bridgehead atoms. The predicted octanol–water partition coefficient (Wildman–Crippen LogP) is 2.98. The molecule has 0 aliphatic carbocycles. The highest BCUT2D eigenvalue weighted by Gasteiger charge is 2.23. The van der Waals surface area contributed by atoms with Crippen molar-refractivity contribution in [2.24, 2.45) is 0 Å². The second-order valence-electron chi connectivity index (χ2n) is 6.94. The number of rotatable bonds is 6. The van der Waals surface area contributed by atoms with Crippen LogP contribution in [-0.2, 0) is 16.1 Å². The van der Waals surface area contributed by atoms with Crippen molar-refractivity contribution in [2.45, 2.75) is 43.5 Å². The van der Waals surface area contributed by atoms with Crippen LogP contribution in [0.15, 0.2) is 29.4 Å². The third kappa shape index (κ3) is 4.32. The van der Waals surface area contributed by atoms with Gasteiger partial charge in [0.1, 0.15) is 5.82 Å². The Balaban J connectivity index is 1.54. The fourth-order valence-electron chi connectivity index (χ4n) is 3.55.